The largest absolute Gasteiger partial charge is 0.497 e. The van der Waals surface area contributed by atoms with Crippen LogP contribution in [0.4, 0.5) is 0 Å². The maximum atomic E-state index is 5.23. The van der Waals surface area contributed by atoms with Gasteiger partial charge in [-0.2, -0.15) is 0 Å². The van der Waals surface area contributed by atoms with E-state index in [1.54, 1.807) is 7.11 Å². The highest BCUT2D eigenvalue weighted by molar-refractivity contribution is 5.29. The normalized spacial score (nSPS) is 18.9. The second-order valence-electron chi connectivity index (χ2n) is 5.27. The van der Waals surface area contributed by atoms with Gasteiger partial charge in [-0.15, -0.1) is 0 Å². The molecule has 0 amide bonds. The zero-order valence-electron chi connectivity index (χ0n) is 11.6. The summed E-state index contributed by atoms with van der Waals surface area (Å²) in [6.45, 7) is 2.29. The fourth-order valence-electron chi connectivity index (χ4n) is 2.95. The molecule has 0 radical (unpaired) electrons. The van der Waals surface area contributed by atoms with E-state index in [-0.39, 0.29) is 0 Å². The van der Waals surface area contributed by atoms with Crippen molar-refractivity contribution in [3.8, 4) is 5.75 Å². The van der Waals surface area contributed by atoms with Crippen molar-refractivity contribution >= 4 is 0 Å². The molecule has 1 unspecified atom stereocenters. The van der Waals surface area contributed by atoms with Crippen LogP contribution in [0.25, 0.3) is 0 Å². The van der Waals surface area contributed by atoms with Crippen molar-refractivity contribution in [2.24, 2.45) is 5.92 Å². The molecule has 18 heavy (non-hydrogen) atoms. The van der Waals surface area contributed by atoms with Crippen LogP contribution in [-0.4, -0.2) is 39.2 Å². The van der Waals surface area contributed by atoms with Gasteiger partial charge in [0.2, 0.25) is 0 Å². The highest BCUT2D eigenvalue weighted by atomic mass is 16.5. The molecule has 0 saturated carbocycles. The summed E-state index contributed by atoms with van der Waals surface area (Å²) in [5.74, 6) is 1.68. The molecule has 1 aromatic carbocycles. The Balaban J connectivity index is 2.17. The maximum absolute atomic E-state index is 5.23. The number of methoxy groups -OCH3 is 1. The zero-order valence-corrected chi connectivity index (χ0v) is 11.6. The Bertz CT molecular complexity index is 355. The Morgan fingerprint density at radius 2 is 1.78 bits per heavy atom. The Labute approximate surface area is 110 Å². The molecule has 1 fully saturated rings. The Morgan fingerprint density at radius 3 is 2.28 bits per heavy atom. The third-order valence-corrected chi connectivity index (χ3v) is 3.84. The molecule has 1 heterocycles. The Morgan fingerprint density at radius 1 is 1.17 bits per heavy atom. The van der Waals surface area contributed by atoms with E-state index in [1.807, 2.05) is 0 Å². The van der Waals surface area contributed by atoms with E-state index in [4.69, 9.17) is 4.74 Å². The van der Waals surface area contributed by atoms with Crippen LogP contribution in [0.3, 0.4) is 0 Å². The number of rotatable bonds is 4. The molecule has 100 valence electrons. The first-order valence-corrected chi connectivity index (χ1v) is 6.73. The van der Waals surface area contributed by atoms with Gasteiger partial charge in [0, 0.05) is 6.04 Å². The molecule has 1 aliphatic heterocycles. The minimum Gasteiger partial charge on any atom is -0.497 e. The van der Waals surface area contributed by atoms with Gasteiger partial charge in [-0.1, -0.05) is 12.1 Å². The van der Waals surface area contributed by atoms with Crippen molar-refractivity contribution < 1.29 is 4.74 Å². The number of hydrogen-bond acceptors (Lipinski definition) is 3. The first-order valence-electron chi connectivity index (χ1n) is 6.73. The second-order valence-corrected chi connectivity index (χ2v) is 5.27. The van der Waals surface area contributed by atoms with Crippen molar-refractivity contribution in [3.05, 3.63) is 29.8 Å². The predicted molar refractivity (Wildman–Crippen MR) is 75.0 cm³/mol. The molecule has 0 aliphatic carbocycles. The lowest BCUT2D eigenvalue weighted by atomic mass is 9.85. The maximum Gasteiger partial charge on any atom is 0.118 e. The number of nitrogens with zero attached hydrogens (tertiary/aromatic N) is 1. The van der Waals surface area contributed by atoms with E-state index in [1.165, 1.54) is 18.4 Å². The van der Waals surface area contributed by atoms with Gasteiger partial charge in [0.15, 0.2) is 0 Å². The fourth-order valence-corrected chi connectivity index (χ4v) is 2.95. The molecule has 1 aromatic rings. The quantitative estimate of drug-likeness (QED) is 0.885. The van der Waals surface area contributed by atoms with Crippen LogP contribution in [0.5, 0.6) is 5.75 Å². The van der Waals surface area contributed by atoms with Gasteiger partial charge in [-0.25, -0.2) is 0 Å². The van der Waals surface area contributed by atoms with Gasteiger partial charge in [0.1, 0.15) is 5.75 Å². The molecule has 1 aliphatic rings. The van der Waals surface area contributed by atoms with Crippen LogP contribution >= 0.6 is 0 Å². The van der Waals surface area contributed by atoms with Crippen LogP contribution < -0.4 is 10.1 Å². The number of ether oxygens (including phenoxy) is 1. The summed E-state index contributed by atoms with van der Waals surface area (Å²) in [5.41, 5.74) is 1.40. The van der Waals surface area contributed by atoms with Gasteiger partial charge in [-0.3, -0.25) is 0 Å². The predicted octanol–water partition coefficient (Wildman–Crippen LogP) is 2.30. The van der Waals surface area contributed by atoms with Crippen molar-refractivity contribution in [1.29, 1.82) is 0 Å². The minimum absolute atomic E-state index is 0.512. The summed E-state index contributed by atoms with van der Waals surface area (Å²) in [5, 5.41) is 3.44. The highest BCUT2D eigenvalue weighted by Crippen LogP contribution is 2.33. The first-order chi connectivity index (χ1) is 8.72. The van der Waals surface area contributed by atoms with Gasteiger partial charge in [0.25, 0.3) is 0 Å². The Kier molecular flexibility index (Phi) is 4.61. The molecular weight excluding hydrogens is 224 g/mol. The van der Waals surface area contributed by atoms with E-state index >= 15 is 0 Å². The number of hydrogen-bond donors (Lipinski definition) is 1. The highest BCUT2D eigenvalue weighted by Gasteiger charge is 2.26. The van der Waals surface area contributed by atoms with Crippen LogP contribution in [0.1, 0.15) is 24.4 Å². The molecular formula is C15H24N2O. The van der Waals surface area contributed by atoms with Gasteiger partial charge in [0.05, 0.1) is 7.11 Å². The molecule has 1 saturated heterocycles. The van der Waals surface area contributed by atoms with E-state index in [0.29, 0.717) is 6.04 Å². The van der Waals surface area contributed by atoms with Crippen molar-refractivity contribution in [2.75, 3.05) is 34.3 Å². The van der Waals surface area contributed by atoms with E-state index in [0.717, 1.165) is 24.8 Å². The Hall–Kier alpha value is -1.06. The summed E-state index contributed by atoms with van der Waals surface area (Å²) in [6, 6.07) is 9.04. The SMILES string of the molecule is COc1ccc(C(C2CCNCC2)N(C)C)cc1. The molecule has 2 rings (SSSR count). The van der Waals surface area contributed by atoms with E-state index < -0.39 is 0 Å². The molecule has 3 nitrogen and oxygen atoms in total. The molecule has 0 aromatic heterocycles. The first kappa shape index (κ1) is 13.4. The number of benzene rings is 1. The van der Waals surface area contributed by atoms with Gasteiger partial charge >= 0.3 is 0 Å². The monoisotopic (exact) mass is 248 g/mol. The van der Waals surface area contributed by atoms with Crippen molar-refractivity contribution in [1.82, 2.24) is 10.2 Å². The average molecular weight is 248 g/mol. The topological polar surface area (TPSA) is 24.5 Å². The second kappa shape index (κ2) is 6.21. The van der Waals surface area contributed by atoms with Crippen molar-refractivity contribution in [2.45, 2.75) is 18.9 Å². The molecule has 3 heteroatoms. The van der Waals surface area contributed by atoms with E-state index in [2.05, 4.69) is 48.6 Å². The van der Waals surface area contributed by atoms with Gasteiger partial charge in [-0.05, 0) is 63.6 Å². The van der Waals surface area contributed by atoms with Crippen molar-refractivity contribution in [3.63, 3.8) is 0 Å². The molecule has 0 spiro atoms. The molecule has 1 atom stereocenters. The fraction of sp³-hybridized carbons (Fsp3) is 0.600. The smallest absolute Gasteiger partial charge is 0.118 e. The standard InChI is InChI=1S/C15H24N2O/c1-17(2)15(13-8-10-16-11-9-13)12-4-6-14(18-3)7-5-12/h4-7,13,15-16H,8-11H2,1-3H3. The van der Waals surface area contributed by atoms with Gasteiger partial charge < -0.3 is 15.0 Å². The lowest BCUT2D eigenvalue weighted by molar-refractivity contribution is 0.177. The summed E-state index contributed by atoms with van der Waals surface area (Å²) in [6.07, 6.45) is 2.52. The number of nitrogens with one attached hydrogen (secondary N) is 1. The molecule has 1 N–H and O–H groups in total. The van der Waals surface area contributed by atoms with Crippen LogP contribution in [0.2, 0.25) is 0 Å². The summed E-state index contributed by atoms with van der Waals surface area (Å²) < 4.78 is 5.23. The summed E-state index contributed by atoms with van der Waals surface area (Å²) in [7, 11) is 6.07. The summed E-state index contributed by atoms with van der Waals surface area (Å²) >= 11 is 0. The minimum atomic E-state index is 0.512. The summed E-state index contributed by atoms with van der Waals surface area (Å²) in [4.78, 5) is 2.35. The lowest BCUT2D eigenvalue weighted by Gasteiger charge is -2.35. The third kappa shape index (κ3) is 3.03. The van der Waals surface area contributed by atoms with E-state index in [9.17, 15) is 0 Å². The average Bonchev–Trinajstić information content (AvgIpc) is 2.40. The number of piperidine rings is 1. The van der Waals surface area contributed by atoms with Crippen LogP contribution in [0, 0.1) is 5.92 Å². The van der Waals surface area contributed by atoms with Crippen LogP contribution in [0.15, 0.2) is 24.3 Å². The van der Waals surface area contributed by atoms with Crippen LogP contribution in [-0.2, 0) is 0 Å². The third-order valence-electron chi connectivity index (χ3n) is 3.84. The molecule has 0 bridgehead atoms. The lowest BCUT2D eigenvalue weighted by Crippen LogP contribution is -2.35. The zero-order chi connectivity index (χ0) is 13.0.